The molecule has 0 saturated heterocycles. The van der Waals surface area contributed by atoms with Crippen LogP contribution in [0.1, 0.15) is 30.3 Å². The smallest absolute Gasteiger partial charge is 0.238 e. The predicted octanol–water partition coefficient (Wildman–Crippen LogP) is 2.18. The van der Waals surface area contributed by atoms with Crippen molar-refractivity contribution in [3.05, 3.63) is 21.9 Å². The third-order valence-corrected chi connectivity index (χ3v) is 3.81. The molecule has 0 bridgehead atoms. The van der Waals surface area contributed by atoms with Gasteiger partial charge in [0.2, 0.25) is 5.91 Å². The van der Waals surface area contributed by atoms with Gasteiger partial charge in [-0.25, -0.2) is 0 Å². The number of carbonyl (C=O) groups excluding carboxylic acids is 1. The summed E-state index contributed by atoms with van der Waals surface area (Å²) in [5.74, 6) is 0.112. The highest BCUT2D eigenvalue weighted by Crippen LogP contribution is 2.23. The highest BCUT2D eigenvalue weighted by Gasteiger charge is 2.18. The average molecular weight is 240 g/mol. The molecule has 0 fully saturated rings. The summed E-state index contributed by atoms with van der Waals surface area (Å²) in [6.45, 7) is 6.10. The molecule has 16 heavy (non-hydrogen) atoms. The first kappa shape index (κ1) is 13.2. The van der Waals surface area contributed by atoms with E-state index in [4.69, 9.17) is 0 Å². The lowest BCUT2D eigenvalue weighted by atomic mass is 10.1. The number of nitrogens with zero attached hydrogens (tertiary/aromatic N) is 1. The fourth-order valence-corrected chi connectivity index (χ4v) is 2.68. The van der Waals surface area contributed by atoms with Gasteiger partial charge in [-0.15, -0.1) is 11.3 Å². The van der Waals surface area contributed by atoms with Gasteiger partial charge in [-0.3, -0.25) is 10.1 Å². The Hall–Kier alpha value is -0.870. The second-order valence-electron chi connectivity index (χ2n) is 4.31. The molecule has 2 atom stereocenters. The Morgan fingerprint density at radius 2 is 2.06 bits per heavy atom. The van der Waals surface area contributed by atoms with Gasteiger partial charge in [-0.05, 0) is 37.8 Å². The molecule has 0 aliphatic heterocycles. The monoisotopic (exact) mass is 240 g/mol. The summed E-state index contributed by atoms with van der Waals surface area (Å²) in [6, 6.07) is 2.18. The van der Waals surface area contributed by atoms with Crippen molar-refractivity contribution in [3.63, 3.8) is 0 Å². The Bertz CT molecular complexity index is 360. The number of carbonyl (C=O) groups is 1. The minimum atomic E-state index is -0.147. The first-order valence-electron chi connectivity index (χ1n) is 5.44. The molecule has 4 heteroatoms. The fraction of sp³-hybridized carbons (Fsp3) is 0.583. The SMILES string of the molecule is Cc1ccsc1C(C)N[C@H](C)C(=O)N(C)C. The summed E-state index contributed by atoms with van der Waals surface area (Å²) in [5, 5.41) is 5.41. The zero-order valence-electron chi connectivity index (χ0n) is 10.6. The maximum atomic E-state index is 11.7. The number of nitrogens with one attached hydrogen (secondary N) is 1. The Morgan fingerprint density at radius 3 is 2.50 bits per heavy atom. The predicted molar refractivity (Wildman–Crippen MR) is 68.8 cm³/mol. The van der Waals surface area contributed by atoms with Gasteiger partial charge in [0.1, 0.15) is 0 Å². The van der Waals surface area contributed by atoms with Crippen LogP contribution < -0.4 is 5.32 Å². The number of aryl methyl sites for hydroxylation is 1. The van der Waals surface area contributed by atoms with Gasteiger partial charge in [-0.1, -0.05) is 0 Å². The molecular formula is C12H20N2OS. The number of amides is 1. The number of thiophene rings is 1. The molecule has 1 N–H and O–H groups in total. The Morgan fingerprint density at radius 1 is 1.44 bits per heavy atom. The van der Waals surface area contributed by atoms with Crippen LogP contribution in [0.5, 0.6) is 0 Å². The van der Waals surface area contributed by atoms with E-state index in [9.17, 15) is 4.79 Å². The van der Waals surface area contributed by atoms with Crippen molar-refractivity contribution in [1.82, 2.24) is 10.2 Å². The van der Waals surface area contributed by atoms with Crippen LogP contribution in [0.25, 0.3) is 0 Å². The maximum Gasteiger partial charge on any atom is 0.238 e. The van der Waals surface area contributed by atoms with E-state index >= 15 is 0 Å². The van der Waals surface area contributed by atoms with Crippen molar-refractivity contribution < 1.29 is 4.79 Å². The number of rotatable bonds is 4. The normalized spacial score (nSPS) is 14.6. The van der Waals surface area contributed by atoms with Crippen LogP contribution in [-0.4, -0.2) is 30.9 Å². The van der Waals surface area contributed by atoms with E-state index in [1.807, 2.05) is 6.92 Å². The van der Waals surface area contributed by atoms with Crippen LogP contribution in [0, 0.1) is 6.92 Å². The number of hydrogen-bond donors (Lipinski definition) is 1. The van der Waals surface area contributed by atoms with Crippen LogP contribution in [0.4, 0.5) is 0 Å². The summed E-state index contributed by atoms with van der Waals surface area (Å²) in [6.07, 6.45) is 0. The zero-order chi connectivity index (χ0) is 12.3. The second kappa shape index (κ2) is 5.46. The number of likely N-dealkylation sites (N-methyl/N-ethyl adjacent to an activating group) is 1. The summed E-state index contributed by atoms with van der Waals surface area (Å²) >= 11 is 1.73. The van der Waals surface area contributed by atoms with Gasteiger partial charge in [0, 0.05) is 25.0 Å². The van der Waals surface area contributed by atoms with Crippen LogP contribution in [0.15, 0.2) is 11.4 Å². The molecule has 0 aliphatic carbocycles. The molecule has 0 radical (unpaired) electrons. The fourth-order valence-electron chi connectivity index (χ4n) is 1.74. The van der Waals surface area contributed by atoms with E-state index in [2.05, 4.69) is 30.6 Å². The first-order chi connectivity index (χ1) is 7.43. The summed E-state index contributed by atoms with van der Waals surface area (Å²) in [7, 11) is 3.56. The maximum absolute atomic E-state index is 11.7. The van der Waals surface area contributed by atoms with E-state index in [1.165, 1.54) is 10.4 Å². The molecule has 1 heterocycles. The van der Waals surface area contributed by atoms with Crippen LogP contribution in [0.3, 0.4) is 0 Å². The van der Waals surface area contributed by atoms with Crippen molar-refractivity contribution in [2.75, 3.05) is 14.1 Å². The van der Waals surface area contributed by atoms with Gasteiger partial charge in [-0.2, -0.15) is 0 Å². The first-order valence-corrected chi connectivity index (χ1v) is 6.32. The molecule has 0 aromatic carbocycles. The Labute approximate surface area is 101 Å². The van der Waals surface area contributed by atoms with Gasteiger partial charge in [0.15, 0.2) is 0 Å². The Balaban J connectivity index is 2.62. The van der Waals surface area contributed by atoms with Crippen LogP contribution >= 0.6 is 11.3 Å². The highest BCUT2D eigenvalue weighted by atomic mass is 32.1. The average Bonchev–Trinajstić information content (AvgIpc) is 2.62. The van der Waals surface area contributed by atoms with Crippen LogP contribution in [-0.2, 0) is 4.79 Å². The highest BCUT2D eigenvalue weighted by molar-refractivity contribution is 7.10. The molecule has 1 amide bonds. The van der Waals surface area contributed by atoms with Crippen LogP contribution in [0.2, 0.25) is 0 Å². The lowest BCUT2D eigenvalue weighted by Gasteiger charge is -2.22. The molecule has 1 aromatic rings. The van der Waals surface area contributed by atoms with Gasteiger partial charge < -0.3 is 4.90 Å². The molecule has 0 saturated carbocycles. The van der Waals surface area contributed by atoms with Crippen molar-refractivity contribution >= 4 is 17.2 Å². The largest absolute Gasteiger partial charge is 0.347 e. The second-order valence-corrected chi connectivity index (χ2v) is 5.26. The number of hydrogen-bond acceptors (Lipinski definition) is 3. The molecule has 1 unspecified atom stereocenters. The molecule has 1 aromatic heterocycles. The molecular weight excluding hydrogens is 220 g/mol. The third kappa shape index (κ3) is 3.06. The molecule has 0 spiro atoms. The lowest BCUT2D eigenvalue weighted by Crippen LogP contribution is -2.42. The summed E-state index contributed by atoms with van der Waals surface area (Å²) in [4.78, 5) is 14.6. The van der Waals surface area contributed by atoms with E-state index in [0.717, 1.165) is 0 Å². The van der Waals surface area contributed by atoms with E-state index in [0.29, 0.717) is 0 Å². The quantitative estimate of drug-likeness (QED) is 0.875. The molecule has 0 aliphatic rings. The van der Waals surface area contributed by atoms with Crippen molar-refractivity contribution in [1.29, 1.82) is 0 Å². The minimum Gasteiger partial charge on any atom is -0.347 e. The van der Waals surface area contributed by atoms with Gasteiger partial charge >= 0.3 is 0 Å². The minimum absolute atomic E-state index is 0.112. The summed E-state index contributed by atoms with van der Waals surface area (Å²) in [5.41, 5.74) is 1.29. The Kier molecular flexibility index (Phi) is 4.50. The van der Waals surface area contributed by atoms with E-state index in [1.54, 1.807) is 30.3 Å². The van der Waals surface area contributed by atoms with Crippen molar-refractivity contribution in [2.45, 2.75) is 32.9 Å². The third-order valence-electron chi connectivity index (χ3n) is 2.61. The molecule has 3 nitrogen and oxygen atoms in total. The topological polar surface area (TPSA) is 32.3 Å². The standard InChI is InChI=1S/C12H20N2OS/c1-8-6-7-16-11(8)9(2)13-10(3)12(15)14(4)5/h6-7,9-10,13H,1-5H3/t9?,10-/m1/s1. The zero-order valence-corrected chi connectivity index (χ0v) is 11.4. The molecule has 1 rings (SSSR count). The van der Waals surface area contributed by atoms with Crippen molar-refractivity contribution in [3.8, 4) is 0 Å². The van der Waals surface area contributed by atoms with E-state index < -0.39 is 0 Å². The van der Waals surface area contributed by atoms with E-state index in [-0.39, 0.29) is 18.0 Å². The summed E-state index contributed by atoms with van der Waals surface area (Å²) < 4.78 is 0. The van der Waals surface area contributed by atoms with Gasteiger partial charge in [0.25, 0.3) is 0 Å². The van der Waals surface area contributed by atoms with Crippen molar-refractivity contribution in [2.24, 2.45) is 0 Å². The lowest BCUT2D eigenvalue weighted by molar-refractivity contribution is -0.130. The molecule has 90 valence electrons. The van der Waals surface area contributed by atoms with Gasteiger partial charge in [0.05, 0.1) is 6.04 Å².